The molecule has 7 heteroatoms. The second kappa shape index (κ2) is 6.77. The number of nitrogens with zero attached hydrogens (tertiary/aromatic N) is 5. The molecule has 1 aromatic carbocycles. The average Bonchev–Trinajstić information content (AvgIpc) is 3.44. The highest BCUT2D eigenvalue weighted by Gasteiger charge is 2.18. The summed E-state index contributed by atoms with van der Waals surface area (Å²) in [4.78, 5) is 9.51. The van der Waals surface area contributed by atoms with E-state index in [0.29, 0.717) is 13.0 Å². The van der Waals surface area contributed by atoms with E-state index in [0.717, 1.165) is 50.8 Å². The zero-order valence-electron chi connectivity index (χ0n) is 16.6. The lowest BCUT2D eigenvalue weighted by atomic mass is 10.1. The fourth-order valence-corrected chi connectivity index (χ4v) is 3.73. The molecule has 4 aromatic heterocycles. The van der Waals surface area contributed by atoms with Gasteiger partial charge >= 0.3 is 0 Å². The molecular formula is C22H21N5O2. The van der Waals surface area contributed by atoms with Gasteiger partial charge in [-0.2, -0.15) is 0 Å². The molecule has 0 aliphatic rings. The van der Waals surface area contributed by atoms with Gasteiger partial charge in [0.1, 0.15) is 23.5 Å². The van der Waals surface area contributed by atoms with Crippen LogP contribution in [-0.4, -0.2) is 31.3 Å². The van der Waals surface area contributed by atoms with E-state index in [-0.39, 0.29) is 0 Å². The summed E-state index contributed by atoms with van der Waals surface area (Å²) in [6, 6.07) is 11.9. The molecule has 146 valence electrons. The molecule has 0 atom stereocenters. The summed E-state index contributed by atoms with van der Waals surface area (Å²) in [5, 5.41) is 5.67. The third kappa shape index (κ3) is 2.95. The van der Waals surface area contributed by atoms with Crippen molar-refractivity contribution in [1.29, 1.82) is 0 Å². The van der Waals surface area contributed by atoms with E-state index in [1.807, 2.05) is 36.4 Å². The second-order valence-electron chi connectivity index (χ2n) is 7.14. The maximum atomic E-state index is 5.53. The number of ether oxygens (including phenoxy) is 1. The number of fused-ring (bicyclic) bond motifs is 3. The normalized spacial score (nSPS) is 11.6. The molecule has 0 N–H and O–H groups in total. The first-order valence-electron chi connectivity index (χ1n) is 9.49. The van der Waals surface area contributed by atoms with Crippen LogP contribution in [0.5, 0.6) is 5.75 Å². The Hall–Kier alpha value is -3.61. The van der Waals surface area contributed by atoms with Crippen molar-refractivity contribution in [2.24, 2.45) is 0 Å². The predicted octanol–water partition coefficient (Wildman–Crippen LogP) is 3.94. The molecule has 0 fully saturated rings. The van der Waals surface area contributed by atoms with Gasteiger partial charge in [0.15, 0.2) is 11.5 Å². The van der Waals surface area contributed by atoms with Gasteiger partial charge in [0.25, 0.3) is 0 Å². The van der Waals surface area contributed by atoms with Gasteiger partial charge in [-0.25, -0.2) is 14.5 Å². The largest absolute Gasteiger partial charge is 0.497 e. The molecule has 4 heterocycles. The Morgan fingerprint density at radius 2 is 1.90 bits per heavy atom. The van der Waals surface area contributed by atoms with Crippen molar-refractivity contribution in [3.8, 4) is 5.75 Å². The smallest absolute Gasteiger partial charge is 0.168 e. The Bertz CT molecular complexity index is 1300. The molecule has 0 aliphatic heterocycles. The molecule has 0 saturated carbocycles. The minimum atomic E-state index is 0.638. The average molecular weight is 387 g/mol. The zero-order chi connectivity index (χ0) is 20.0. The summed E-state index contributed by atoms with van der Waals surface area (Å²) in [7, 11) is 1.67. The summed E-state index contributed by atoms with van der Waals surface area (Å²) < 4.78 is 14.7. The Labute approximate surface area is 167 Å². The number of hydrogen-bond acceptors (Lipinski definition) is 5. The van der Waals surface area contributed by atoms with Crippen LogP contribution in [0.25, 0.3) is 16.7 Å². The van der Waals surface area contributed by atoms with Gasteiger partial charge in [-0.1, -0.05) is 12.1 Å². The first-order chi connectivity index (χ1) is 14.1. The highest BCUT2D eigenvalue weighted by Crippen LogP contribution is 2.28. The fourth-order valence-electron chi connectivity index (χ4n) is 3.73. The third-order valence-corrected chi connectivity index (χ3v) is 5.41. The SMILES string of the molecule is COc1ccc(Cc2nc3c4c(C)c(C)n(Cc5ccco5)c4ncn3n2)cc1. The summed E-state index contributed by atoms with van der Waals surface area (Å²) in [6.07, 6.45) is 4.08. The molecule has 5 rings (SSSR count). The van der Waals surface area contributed by atoms with E-state index in [1.54, 1.807) is 24.2 Å². The van der Waals surface area contributed by atoms with Crippen LogP contribution >= 0.6 is 0 Å². The first kappa shape index (κ1) is 17.5. The molecule has 29 heavy (non-hydrogen) atoms. The molecule has 0 amide bonds. The van der Waals surface area contributed by atoms with Crippen molar-refractivity contribution >= 4 is 16.7 Å². The van der Waals surface area contributed by atoms with Crippen molar-refractivity contribution in [1.82, 2.24) is 24.1 Å². The van der Waals surface area contributed by atoms with Crippen LogP contribution in [0.3, 0.4) is 0 Å². The van der Waals surface area contributed by atoms with Gasteiger partial charge in [0, 0.05) is 12.1 Å². The van der Waals surface area contributed by atoms with Gasteiger partial charge in [-0.3, -0.25) is 0 Å². The molecule has 0 radical (unpaired) electrons. The molecule has 7 nitrogen and oxygen atoms in total. The number of methoxy groups -OCH3 is 1. The van der Waals surface area contributed by atoms with Crippen LogP contribution in [-0.2, 0) is 13.0 Å². The van der Waals surface area contributed by atoms with Crippen molar-refractivity contribution < 1.29 is 9.15 Å². The highest BCUT2D eigenvalue weighted by atomic mass is 16.5. The molecule has 0 bridgehead atoms. The van der Waals surface area contributed by atoms with Crippen molar-refractivity contribution in [2.45, 2.75) is 26.8 Å². The standard InChI is InChI=1S/C22H21N5O2/c1-14-15(2)26(12-18-5-4-10-29-18)21-20(14)22-24-19(25-27(22)13-23-21)11-16-6-8-17(28-3)9-7-16/h4-10,13H,11-12H2,1-3H3. The van der Waals surface area contributed by atoms with E-state index in [4.69, 9.17) is 14.1 Å². The Morgan fingerprint density at radius 1 is 1.07 bits per heavy atom. The maximum absolute atomic E-state index is 5.53. The van der Waals surface area contributed by atoms with Gasteiger partial charge < -0.3 is 13.7 Å². The summed E-state index contributed by atoms with van der Waals surface area (Å²) in [5.74, 6) is 2.50. The Balaban J connectivity index is 1.57. The van der Waals surface area contributed by atoms with E-state index < -0.39 is 0 Å². The topological polar surface area (TPSA) is 70.4 Å². The van der Waals surface area contributed by atoms with Crippen LogP contribution in [0.15, 0.2) is 53.4 Å². The van der Waals surface area contributed by atoms with Crippen LogP contribution in [0.1, 0.15) is 28.4 Å². The number of rotatable bonds is 5. The third-order valence-electron chi connectivity index (χ3n) is 5.41. The predicted molar refractivity (Wildman–Crippen MR) is 109 cm³/mol. The van der Waals surface area contributed by atoms with Crippen LogP contribution in [0.4, 0.5) is 0 Å². The quantitative estimate of drug-likeness (QED) is 0.457. The van der Waals surface area contributed by atoms with Crippen molar-refractivity contribution in [3.05, 3.63) is 77.4 Å². The molecule has 0 unspecified atom stereocenters. The van der Waals surface area contributed by atoms with Gasteiger partial charge in [0.05, 0.1) is 25.3 Å². The maximum Gasteiger partial charge on any atom is 0.168 e. The van der Waals surface area contributed by atoms with E-state index in [2.05, 4.69) is 28.5 Å². The van der Waals surface area contributed by atoms with Gasteiger partial charge in [-0.05, 0) is 49.2 Å². The lowest BCUT2D eigenvalue weighted by Crippen LogP contribution is -2.02. The number of aryl methyl sites for hydroxylation is 1. The van der Waals surface area contributed by atoms with Gasteiger partial charge in [-0.15, -0.1) is 5.10 Å². The second-order valence-corrected chi connectivity index (χ2v) is 7.14. The summed E-state index contributed by atoms with van der Waals surface area (Å²) >= 11 is 0. The van der Waals surface area contributed by atoms with Crippen LogP contribution in [0, 0.1) is 13.8 Å². The first-order valence-corrected chi connectivity index (χ1v) is 9.49. The molecule has 0 aliphatic carbocycles. The number of aromatic nitrogens is 5. The molecule has 0 spiro atoms. The van der Waals surface area contributed by atoms with Crippen molar-refractivity contribution in [3.63, 3.8) is 0 Å². The van der Waals surface area contributed by atoms with E-state index >= 15 is 0 Å². The number of hydrogen-bond donors (Lipinski definition) is 0. The summed E-state index contributed by atoms with van der Waals surface area (Å²) in [5.41, 5.74) is 5.17. The fraction of sp³-hybridized carbons (Fsp3) is 0.227. The lowest BCUT2D eigenvalue weighted by molar-refractivity contribution is 0.414. The van der Waals surface area contributed by atoms with Gasteiger partial charge in [0.2, 0.25) is 0 Å². The lowest BCUT2D eigenvalue weighted by Gasteiger charge is -2.05. The van der Waals surface area contributed by atoms with Crippen molar-refractivity contribution in [2.75, 3.05) is 7.11 Å². The highest BCUT2D eigenvalue weighted by molar-refractivity contribution is 5.93. The van der Waals surface area contributed by atoms with E-state index in [1.165, 1.54) is 0 Å². The minimum absolute atomic E-state index is 0.638. The monoisotopic (exact) mass is 387 g/mol. The molecular weight excluding hydrogens is 366 g/mol. The molecule has 0 saturated heterocycles. The van der Waals surface area contributed by atoms with Crippen LogP contribution in [0.2, 0.25) is 0 Å². The number of benzene rings is 1. The zero-order valence-corrected chi connectivity index (χ0v) is 16.6. The summed E-state index contributed by atoms with van der Waals surface area (Å²) in [6.45, 7) is 4.85. The van der Waals surface area contributed by atoms with E-state index in [9.17, 15) is 0 Å². The Morgan fingerprint density at radius 3 is 2.62 bits per heavy atom. The minimum Gasteiger partial charge on any atom is -0.497 e. The number of furan rings is 1. The van der Waals surface area contributed by atoms with Crippen LogP contribution < -0.4 is 4.74 Å². The molecule has 5 aromatic rings. The Kier molecular flexibility index (Phi) is 4.08.